The molecule has 17 heavy (non-hydrogen) atoms. The van der Waals surface area contributed by atoms with Gasteiger partial charge in [0.15, 0.2) is 0 Å². The summed E-state index contributed by atoms with van der Waals surface area (Å²) in [6.45, 7) is 0.295. The van der Waals surface area contributed by atoms with E-state index >= 15 is 0 Å². The van der Waals surface area contributed by atoms with Gasteiger partial charge in [0.25, 0.3) is 0 Å². The van der Waals surface area contributed by atoms with Gasteiger partial charge >= 0.3 is 5.97 Å². The minimum atomic E-state index is -0.887. The number of carbonyl (C=O) groups excluding carboxylic acids is 1. The third kappa shape index (κ3) is 5.12. The molecule has 5 nitrogen and oxygen atoms in total. The summed E-state index contributed by atoms with van der Waals surface area (Å²) in [7, 11) is 3.61. The molecule has 0 aliphatic rings. The van der Waals surface area contributed by atoms with E-state index in [-0.39, 0.29) is 12.3 Å². The first kappa shape index (κ1) is 13.2. The number of carboxylic acids is 1. The SMILES string of the molecule is CN(C)CC(=O)Nc1cccc(CC(=O)O)c1. The number of nitrogens with one attached hydrogen (secondary N) is 1. The third-order valence-corrected chi connectivity index (χ3v) is 2.03. The molecule has 0 bridgehead atoms. The lowest BCUT2D eigenvalue weighted by Gasteiger charge is -2.10. The van der Waals surface area contributed by atoms with Crippen LogP contribution >= 0.6 is 0 Å². The second-order valence-electron chi connectivity index (χ2n) is 4.06. The fourth-order valence-corrected chi connectivity index (χ4v) is 1.42. The highest BCUT2D eigenvalue weighted by Gasteiger charge is 2.05. The second-order valence-corrected chi connectivity index (χ2v) is 4.06. The van der Waals surface area contributed by atoms with Gasteiger partial charge in [-0.1, -0.05) is 12.1 Å². The number of amides is 1. The zero-order valence-electron chi connectivity index (χ0n) is 9.93. The predicted octanol–water partition coefficient (Wildman–Crippen LogP) is 0.814. The van der Waals surface area contributed by atoms with E-state index < -0.39 is 5.97 Å². The lowest BCUT2D eigenvalue weighted by molar-refractivity contribution is -0.136. The van der Waals surface area contributed by atoms with Gasteiger partial charge in [-0.25, -0.2) is 0 Å². The van der Waals surface area contributed by atoms with E-state index in [2.05, 4.69) is 5.32 Å². The first-order valence-electron chi connectivity index (χ1n) is 5.22. The Kier molecular flexibility index (Phi) is 4.66. The quantitative estimate of drug-likeness (QED) is 0.794. The number of hydrogen-bond acceptors (Lipinski definition) is 3. The summed E-state index contributed by atoms with van der Waals surface area (Å²) in [6.07, 6.45) is -0.0443. The molecule has 0 radical (unpaired) electrons. The van der Waals surface area contributed by atoms with E-state index in [0.717, 1.165) is 0 Å². The maximum atomic E-state index is 11.5. The van der Waals surface area contributed by atoms with Crippen molar-refractivity contribution in [3.8, 4) is 0 Å². The standard InChI is InChI=1S/C12H16N2O3/c1-14(2)8-11(15)13-10-5-3-4-9(6-10)7-12(16)17/h3-6H,7-8H2,1-2H3,(H,13,15)(H,16,17). The van der Waals surface area contributed by atoms with Crippen LogP contribution in [0.4, 0.5) is 5.69 Å². The van der Waals surface area contributed by atoms with Gasteiger partial charge in [0, 0.05) is 5.69 Å². The van der Waals surface area contributed by atoms with Crippen LogP contribution in [0.2, 0.25) is 0 Å². The number of nitrogens with zero attached hydrogens (tertiary/aromatic N) is 1. The lowest BCUT2D eigenvalue weighted by atomic mass is 10.1. The minimum Gasteiger partial charge on any atom is -0.481 e. The van der Waals surface area contributed by atoms with Crippen molar-refractivity contribution >= 4 is 17.6 Å². The van der Waals surface area contributed by atoms with E-state index in [1.54, 1.807) is 43.3 Å². The number of rotatable bonds is 5. The van der Waals surface area contributed by atoms with Crippen molar-refractivity contribution in [2.75, 3.05) is 26.0 Å². The van der Waals surface area contributed by atoms with Crippen molar-refractivity contribution in [3.63, 3.8) is 0 Å². The summed E-state index contributed by atoms with van der Waals surface area (Å²) < 4.78 is 0. The third-order valence-electron chi connectivity index (χ3n) is 2.03. The zero-order valence-corrected chi connectivity index (χ0v) is 9.93. The highest BCUT2D eigenvalue weighted by molar-refractivity contribution is 5.92. The van der Waals surface area contributed by atoms with Crippen molar-refractivity contribution in [1.29, 1.82) is 0 Å². The van der Waals surface area contributed by atoms with Gasteiger partial charge in [0.1, 0.15) is 0 Å². The summed E-state index contributed by atoms with van der Waals surface area (Å²) >= 11 is 0. The Morgan fingerprint density at radius 1 is 1.35 bits per heavy atom. The molecule has 1 rings (SSSR count). The van der Waals surface area contributed by atoms with Crippen LogP contribution in [0, 0.1) is 0 Å². The summed E-state index contributed by atoms with van der Waals surface area (Å²) in [6, 6.07) is 6.85. The first-order chi connectivity index (χ1) is 7.97. The van der Waals surface area contributed by atoms with Crippen molar-refractivity contribution in [2.24, 2.45) is 0 Å². The van der Waals surface area contributed by atoms with Gasteiger partial charge in [-0.05, 0) is 31.8 Å². The molecule has 2 N–H and O–H groups in total. The first-order valence-corrected chi connectivity index (χ1v) is 5.22. The lowest BCUT2D eigenvalue weighted by Crippen LogP contribution is -2.27. The molecular weight excluding hydrogens is 220 g/mol. The van der Waals surface area contributed by atoms with Crippen LogP contribution in [-0.4, -0.2) is 42.5 Å². The molecule has 92 valence electrons. The van der Waals surface area contributed by atoms with E-state index in [1.807, 2.05) is 0 Å². The van der Waals surface area contributed by atoms with Crippen LogP contribution < -0.4 is 5.32 Å². The molecule has 1 amide bonds. The molecule has 0 fully saturated rings. The molecular formula is C12H16N2O3. The predicted molar refractivity (Wildman–Crippen MR) is 65.0 cm³/mol. The van der Waals surface area contributed by atoms with Gasteiger partial charge in [-0.3, -0.25) is 9.59 Å². The maximum absolute atomic E-state index is 11.5. The number of carboxylic acid groups (broad SMARTS) is 1. The molecule has 0 saturated carbocycles. The molecule has 0 aliphatic carbocycles. The maximum Gasteiger partial charge on any atom is 0.307 e. The summed E-state index contributed by atoms with van der Waals surface area (Å²) in [5.74, 6) is -1.01. The summed E-state index contributed by atoms with van der Waals surface area (Å²) in [4.78, 5) is 23.8. The summed E-state index contributed by atoms with van der Waals surface area (Å²) in [5, 5.41) is 11.4. The van der Waals surface area contributed by atoms with E-state index in [9.17, 15) is 9.59 Å². The van der Waals surface area contributed by atoms with Crippen LogP contribution in [0.1, 0.15) is 5.56 Å². The molecule has 0 aliphatic heterocycles. The molecule has 0 spiro atoms. The fourth-order valence-electron chi connectivity index (χ4n) is 1.42. The normalized spacial score (nSPS) is 10.3. The Morgan fingerprint density at radius 2 is 2.06 bits per heavy atom. The highest BCUT2D eigenvalue weighted by atomic mass is 16.4. The van der Waals surface area contributed by atoms with Crippen LogP contribution in [0.15, 0.2) is 24.3 Å². The minimum absolute atomic E-state index is 0.0443. The molecule has 0 saturated heterocycles. The van der Waals surface area contributed by atoms with Gasteiger partial charge in [-0.2, -0.15) is 0 Å². The molecule has 0 aromatic heterocycles. The van der Waals surface area contributed by atoms with E-state index in [0.29, 0.717) is 17.8 Å². The van der Waals surface area contributed by atoms with Crippen molar-refractivity contribution in [3.05, 3.63) is 29.8 Å². The number of benzene rings is 1. The topological polar surface area (TPSA) is 69.6 Å². The molecule has 0 heterocycles. The average Bonchev–Trinajstić information content (AvgIpc) is 2.14. The van der Waals surface area contributed by atoms with Crippen molar-refractivity contribution in [2.45, 2.75) is 6.42 Å². The van der Waals surface area contributed by atoms with Gasteiger partial charge in [0.05, 0.1) is 13.0 Å². The smallest absolute Gasteiger partial charge is 0.307 e. The van der Waals surface area contributed by atoms with Crippen LogP contribution in [-0.2, 0) is 16.0 Å². The monoisotopic (exact) mass is 236 g/mol. The van der Waals surface area contributed by atoms with Crippen LogP contribution in [0.3, 0.4) is 0 Å². The van der Waals surface area contributed by atoms with E-state index in [1.165, 1.54) is 0 Å². The largest absolute Gasteiger partial charge is 0.481 e. The van der Waals surface area contributed by atoms with E-state index in [4.69, 9.17) is 5.11 Å². The Morgan fingerprint density at radius 3 is 2.65 bits per heavy atom. The van der Waals surface area contributed by atoms with Crippen molar-refractivity contribution < 1.29 is 14.7 Å². The molecule has 1 aromatic carbocycles. The number of carbonyl (C=O) groups is 2. The highest BCUT2D eigenvalue weighted by Crippen LogP contribution is 2.11. The van der Waals surface area contributed by atoms with Gasteiger partial charge in [-0.15, -0.1) is 0 Å². The van der Waals surface area contributed by atoms with Crippen LogP contribution in [0.5, 0.6) is 0 Å². The number of anilines is 1. The van der Waals surface area contributed by atoms with Gasteiger partial charge < -0.3 is 15.3 Å². The fraction of sp³-hybridized carbons (Fsp3) is 0.333. The second kappa shape index (κ2) is 6.00. The van der Waals surface area contributed by atoms with Gasteiger partial charge in [0.2, 0.25) is 5.91 Å². The zero-order chi connectivity index (χ0) is 12.8. The van der Waals surface area contributed by atoms with Crippen LogP contribution in [0.25, 0.3) is 0 Å². The summed E-state index contributed by atoms with van der Waals surface area (Å²) in [5.41, 5.74) is 1.29. The Hall–Kier alpha value is -1.88. The number of hydrogen-bond donors (Lipinski definition) is 2. The average molecular weight is 236 g/mol. The molecule has 5 heteroatoms. The molecule has 0 unspecified atom stereocenters. The molecule has 1 aromatic rings. The Labute approximate surface area is 100 Å². The molecule has 0 atom stereocenters. The number of likely N-dealkylation sites (N-methyl/N-ethyl adjacent to an activating group) is 1. The Bertz CT molecular complexity index is 416. The number of aliphatic carboxylic acids is 1. The van der Waals surface area contributed by atoms with Crippen molar-refractivity contribution in [1.82, 2.24) is 4.90 Å². The Balaban J connectivity index is 2.65.